The van der Waals surface area contributed by atoms with E-state index in [0.717, 1.165) is 0 Å². The Morgan fingerprint density at radius 1 is 0.667 bits per heavy atom. The van der Waals surface area contributed by atoms with Crippen molar-refractivity contribution in [2.24, 2.45) is 11.8 Å². The number of hydrogen-bond acceptors (Lipinski definition) is 1. The molecule has 0 heterocycles. The van der Waals surface area contributed by atoms with Gasteiger partial charge < -0.3 is 5.32 Å². The summed E-state index contributed by atoms with van der Waals surface area (Å²) in [5.41, 5.74) is -0.947. The van der Waals surface area contributed by atoms with Gasteiger partial charge >= 0.3 is 0 Å². The summed E-state index contributed by atoms with van der Waals surface area (Å²) in [6, 6.07) is -0.363. The van der Waals surface area contributed by atoms with E-state index in [1.807, 2.05) is 27.7 Å². The minimum atomic E-state index is -2.14. The molecule has 0 aliphatic rings. The summed E-state index contributed by atoms with van der Waals surface area (Å²) in [6.45, 7) is 7.70. The summed E-state index contributed by atoms with van der Waals surface area (Å²) in [4.78, 5) is 0. The van der Waals surface area contributed by atoms with Gasteiger partial charge in [-0.25, -0.2) is 22.0 Å². The van der Waals surface area contributed by atoms with E-state index in [1.54, 1.807) is 0 Å². The average molecular weight is 309 g/mol. The molecule has 0 atom stereocenters. The summed E-state index contributed by atoms with van der Waals surface area (Å²) < 4.78 is 66.7. The first kappa shape index (κ1) is 17.7. The average Bonchev–Trinajstić information content (AvgIpc) is 2.37. The summed E-state index contributed by atoms with van der Waals surface area (Å²) in [6.07, 6.45) is 1.13. The van der Waals surface area contributed by atoms with Crippen molar-refractivity contribution in [3.63, 3.8) is 0 Å². The van der Waals surface area contributed by atoms with Gasteiger partial charge in [0, 0.05) is 6.04 Å². The van der Waals surface area contributed by atoms with Crippen LogP contribution in [0.5, 0.6) is 0 Å². The lowest BCUT2D eigenvalue weighted by Crippen LogP contribution is -2.25. The van der Waals surface area contributed by atoms with Gasteiger partial charge in [0.15, 0.2) is 23.3 Å². The maximum absolute atomic E-state index is 13.7. The highest BCUT2D eigenvalue weighted by atomic mass is 19.2. The Morgan fingerprint density at radius 2 is 1.00 bits per heavy atom. The van der Waals surface area contributed by atoms with Crippen LogP contribution in [0, 0.1) is 40.9 Å². The van der Waals surface area contributed by atoms with Crippen molar-refractivity contribution in [1.29, 1.82) is 0 Å². The van der Waals surface area contributed by atoms with Crippen LogP contribution in [0.3, 0.4) is 0 Å². The zero-order valence-corrected chi connectivity index (χ0v) is 12.5. The fourth-order valence-corrected chi connectivity index (χ4v) is 2.29. The molecule has 0 saturated heterocycles. The predicted octanol–water partition coefficient (Wildman–Crippen LogP) is 5.25. The SMILES string of the molecule is CC(C)CC(CC(C)C)Nc1c(F)c(F)c(F)c(F)c1F. The number of halogens is 5. The highest BCUT2D eigenvalue weighted by Crippen LogP contribution is 2.29. The van der Waals surface area contributed by atoms with Gasteiger partial charge in [0.25, 0.3) is 0 Å². The predicted molar refractivity (Wildman–Crippen MR) is 72.6 cm³/mol. The van der Waals surface area contributed by atoms with Gasteiger partial charge in [0.2, 0.25) is 5.82 Å². The molecule has 0 spiro atoms. The van der Waals surface area contributed by atoms with Gasteiger partial charge in [0.1, 0.15) is 5.69 Å². The van der Waals surface area contributed by atoms with E-state index in [-0.39, 0.29) is 17.9 Å². The monoisotopic (exact) mass is 309 g/mol. The molecule has 0 amide bonds. The second kappa shape index (κ2) is 7.09. The Kier molecular flexibility index (Phi) is 5.98. The van der Waals surface area contributed by atoms with Crippen molar-refractivity contribution in [2.75, 3.05) is 5.32 Å². The van der Waals surface area contributed by atoms with Crippen LogP contribution < -0.4 is 5.32 Å². The van der Waals surface area contributed by atoms with Gasteiger partial charge in [0.05, 0.1) is 0 Å². The zero-order valence-electron chi connectivity index (χ0n) is 12.5. The standard InChI is InChI=1S/C15H20F5N/c1-7(2)5-9(6-8(3)4)21-15-13(19)11(17)10(16)12(18)14(15)20/h7-9,21H,5-6H2,1-4H3. The second-order valence-electron chi connectivity index (χ2n) is 6.05. The first-order valence-corrected chi connectivity index (χ1v) is 6.93. The normalized spacial score (nSPS) is 11.8. The lowest BCUT2D eigenvalue weighted by Gasteiger charge is -2.24. The molecule has 21 heavy (non-hydrogen) atoms. The third-order valence-electron chi connectivity index (χ3n) is 3.07. The van der Waals surface area contributed by atoms with Crippen LogP contribution in [0.25, 0.3) is 0 Å². The largest absolute Gasteiger partial charge is 0.377 e. The molecule has 1 nitrogen and oxygen atoms in total. The first-order valence-electron chi connectivity index (χ1n) is 6.93. The number of nitrogens with one attached hydrogen (secondary N) is 1. The van der Waals surface area contributed by atoms with Gasteiger partial charge in [-0.1, -0.05) is 27.7 Å². The summed E-state index contributed by atoms with van der Waals surface area (Å²) in [5, 5.41) is 2.49. The van der Waals surface area contributed by atoms with Gasteiger partial charge in [-0.15, -0.1) is 0 Å². The molecule has 6 heteroatoms. The Labute approximate surface area is 121 Å². The Morgan fingerprint density at radius 3 is 1.33 bits per heavy atom. The van der Waals surface area contributed by atoms with E-state index in [2.05, 4.69) is 5.32 Å². The van der Waals surface area contributed by atoms with E-state index < -0.39 is 34.8 Å². The zero-order chi connectivity index (χ0) is 16.3. The third-order valence-corrected chi connectivity index (χ3v) is 3.07. The van der Waals surface area contributed by atoms with Crippen LogP contribution in [0.1, 0.15) is 40.5 Å². The fourth-order valence-electron chi connectivity index (χ4n) is 2.29. The van der Waals surface area contributed by atoms with Crippen LogP contribution in [-0.4, -0.2) is 6.04 Å². The molecular weight excluding hydrogens is 289 g/mol. The lowest BCUT2D eigenvalue weighted by molar-refractivity contribution is 0.377. The van der Waals surface area contributed by atoms with E-state index in [1.165, 1.54) is 0 Å². The van der Waals surface area contributed by atoms with E-state index in [0.29, 0.717) is 12.8 Å². The van der Waals surface area contributed by atoms with Crippen LogP contribution >= 0.6 is 0 Å². The number of rotatable bonds is 6. The van der Waals surface area contributed by atoms with E-state index in [9.17, 15) is 22.0 Å². The van der Waals surface area contributed by atoms with Crippen LogP contribution in [0.4, 0.5) is 27.6 Å². The molecule has 0 unspecified atom stereocenters. The van der Waals surface area contributed by atoms with Crippen molar-refractivity contribution in [3.05, 3.63) is 29.1 Å². The number of hydrogen-bond donors (Lipinski definition) is 1. The molecule has 1 N–H and O–H groups in total. The minimum absolute atomic E-state index is 0.225. The molecule has 0 aliphatic carbocycles. The molecule has 0 fully saturated rings. The summed E-state index contributed by atoms with van der Waals surface area (Å²) in [5.74, 6) is -9.17. The molecule has 0 radical (unpaired) electrons. The van der Waals surface area contributed by atoms with Crippen molar-refractivity contribution < 1.29 is 22.0 Å². The van der Waals surface area contributed by atoms with Gasteiger partial charge in [-0.3, -0.25) is 0 Å². The molecular formula is C15H20F5N. The maximum atomic E-state index is 13.7. The number of benzene rings is 1. The van der Waals surface area contributed by atoms with Crippen LogP contribution in [0.15, 0.2) is 0 Å². The third kappa shape index (κ3) is 4.32. The molecule has 1 aromatic rings. The molecule has 0 bridgehead atoms. The highest BCUT2D eigenvalue weighted by molar-refractivity contribution is 5.48. The molecule has 0 saturated carbocycles. The molecule has 120 valence electrons. The van der Waals surface area contributed by atoms with Gasteiger partial charge in [-0.05, 0) is 24.7 Å². The van der Waals surface area contributed by atoms with Gasteiger partial charge in [-0.2, -0.15) is 0 Å². The lowest BCUT2D eigenvalue weighted by atomic mass is 9.95. The Bertz CT molecular complexity index is 460. The second-order valence-corrected chi connectivity index (χ2v) is 6.05. The fraction of sp³-hybridized carbons (Fsp3) is 0.600. The molecule has 0 aliphatic heterocycles. The van der Waals surface area contributed by atoms with Crippen molar-refractivity contribution in [1.82, 2.24) is 0 Å². The topological polar surface area (TPSA) is 12.0 Å². The smallest absolute Gasteiger partial charge is 0.200 e. The van der Waals surface area contributed by atoms with Crippen LogP contribution in [-0.2, 0) is 0 Å². The Hall–Kier alpha value is -1.33. The minimum Gasteiger partial charge on any atom is -0.377 e. The summed E-state index contributed by atoms with van der Waals surface area (Å²) in [7, 11) is 0. The quantitative estimate of drug-likeness (QED) is 0.429. The van der Waals surface area contributed by atoms with Crippen molar-refractivity contribution >= 4 is 5.69 Å². The van der Waals surface area contributed by atoms with Crippen molar-refractivity contribution in [3.8, 4) is 0 Å². The molecule has 1 aromatic carbocycles. The summed E-state index contributed by atoms with van der Waals surface area (Å²) >= 11 is 0. The molecule has 1 rings (SSSR count). The van der Waals surface area contributed by atoms with E-state index >= 15 is 0 Å². The highest BCUT2D eigenvalue weighted by Gasteiger charge is 2.27. The first-order chi connectivity index (χ1) is 9.65. The maximum Gasteiger partial charge on any atom is 0.200 e. The van der Waals surface area contributed by atoms with E-state index in [4.69, 9.17) is 0 Å². The van der Waals surface area contributed by atoms with Crippen LogP contribution in [0.2, 0.25) is 0 Å². The number of anilines is 1. The Balaban J connectivity index is 3.14. The molecule has 0 aromatic heterocycles. The van der Waals surface area contributed by atoms with Crippen molar-refractivity contribution in [2.45, 2.75) is 46.6 Å².